The zero-order valence-corrected chi connectivity index (χ0v) is 13.5. The van der Waals surface area contributed by atoms with E-state index in [0.717, 1.165) is 23.2 Å². The van der Waals surface area contributed by atoms with Crippen LogP contribution in [0.25, 0.3) is 0 Å². The first-order valence-corrected chi connectivity index (χ1v) is 7.57. The zero-order valence-electron chi connectivity index (χ0n) is 11.9. The molecule has 2 rings (SSSR count). The van der Waals surface area contributed by atoms with Crippen LogP contribution in [0.1, 0.15) is 18.1 Å². The van der Waals surface area contributed by atoms with Crippen molar-refractivity contribution in [3.8, 4) is 5.75 Å². The Balaban J connectivity index is 1.85. The van der Waals surface area contributed by atoms with Gasteiger partial charge in [0, 0.05) is 17.1 Å². The molecule has 0 spiro atoms. The number of methoxy groups -OCH3 is 1. The lowest BCUT2D eigenvalue weighted by Gasteiger charge is -2.14. The topological polar surface area (TPSA) is 21.3 Å². The van der Waals surface area contributed by atoms with Gasteiger partial charge in [0.1, 0.15) is 5.75 Å². The van der Waals surface area contributed by atoms with Crippen LogP contribution < -0.4 is 10.1 Å². The molecule has 0 fully saturated rings. The Hall–Kier alpha value is -1.32. The molecule has 0 saturated carbocycles. The molecule has 0 bridgehead atoms. The number of nitrogens with one attached hydrogen (secondary N) is 1. The molecule has 0 aliphatic carbocycles. The fraction of sp³-hybridized carbons (Fsp3) is 0.294. The van der Waals surface area contributed by atoms with Crippen LogP contribution in [-0.2, 0) is 13.0 Å². The second kappa shape index (κ2) is 7.46. The van der Waals surface area contributed by atoms with Gasteiger partial charge in [0.05, 0.1) is 7.11 Å². The molecule has 106 valence electrons. The van der Waals surface area contributed by atoms with E-state index in [1.165, 1.54) is 11.1 Å². The molecule has 0 heterocycles. The summed E-state index contributed by atoms with van der Waals surface area (Å²) in [5.41, 5.74) is 2.59. The quantitative estimate of drug-likeness (QED) is 0.856. The lowest BCUT2D eigenvalue weighted by atomic mass is 10.1. The third-order valence-electron chi connectivity index (χ3n) is 3.24. The zero-order chi connectivity index (χ0) is 14.4. The van der Waals surface area contributed by atoms with Gasteiger partial charge in [0.2, 0.25) is 0 Å². The minimum atomic E-state index is 0.433. The van der Waals surface area contributed by atoms with Gasteiger partial charge in [-0.3, -0.25) is 0 Å². The highest BCUT2D eigenvalue weighted by molar-refractivity contribution is 9.10. The van der Waals surface area contributed by atoms with Gasteiger partial charge < -0.3 is 10.1 Å². The van der Waals surface area contributed by atoms with Crippen molar-refractivity contribution in [1.29, 1.82) is 0 Å². The maximum absolute atomic E-state index is 5.24. The number of hydrogen-bond donors (Lipinski definition) is 1. The van der Waals surface area contributed by atoms with Crippen molar-refractivity contribution in [2.45, 2.75) is 25.9 Å². The summed E-state index contributed by atoms with van der Waals surface area (Å²) in [7, 11) is 1.70. The van der Waals surface area contributed by atoms with Crippen molar-refractivity contribution >= 4 is 15.9 Å². The van der Waals surface area contributed by atoms with Crippen molar-refractivity contribution in [3.05, 3.63) is 64.1 Å². The smallest absolute Gasteiger partial charge is 0.119 e. The fourth-order valence-electron chi connectivity index (χ4n) is 2.12. The van der Waals surface area contributed by atoms with Gasteiger partial charge >= 0.3 is 0 Å². The van der Waals surface area contributed by atoms with Crippen molar-refractivity contribution in [1.82, 2.24) is 5.32 Å². The Kier molecular flexibility index (Phi) is 5.62. The summed E-state index contributed by atoms with van der Waals surface area (Å²) in [6, 6.07) is 17.1. The van der Waals surface area contributed by atoms with E-state index in [0.29, 0.717) is 6.04 Å². The molecule has 1 N–H and O–H groups in total. The van der Waals surface area contributed by atoms with Gasteiger partial charge in [-0.25, -0.2) is 0 Å². The van der Waals surface area contributed by atoms with Gasteiger partial charge in [-0.1, -0.05) is 40.2 Å². The van der Waals surface area contributed by atoms with E-state index in [1.54, 1.807) is 7.11 Å². The summed E-state index contributed by atoms with van der Waals surface area (Å²) in [5.74, 6) is 0.907. The molecule has 0 aliphatic rings. The van der Waals surface area contributed by atoms with Crippen LogP contribution in [0.4, 0.5) is 0 Å². The van der Waals surface area contributed by atoms with E-state index >= 15 is 0 Å². The van der Waals surface area contributed by atoms with Gasteiger partial charge in [-0.05, 0) is 48.7 Å². The molecule has 2 nitrogen and oxygen atoms in total. The van der Waals surface area contributed by atoms with Crippen LogP contribution in [-0.4, -0.2) is 13.2 Å². The van der Waals surface area contributed by atoms with E-state index < -0.39 is 0 Å². The van der Waals surface area contributed by atoms with Crippen LogP contribution in [0.2, 0.25) is 0 Å². The number of hydrogen-bond acceptors (Lipinski definition) is 2. The Morgan fingerprint density at radius 1 is 1.10 bits per heavy atom. The van der Waals surface area contributed by atoms with Crippen molar-refractivity contribution < 1.29 is 4.74 Å². The maximum Gasteiger partial charge on any atom is 0.119 e. The molecule has 0 radical (unpaired) electrons. The SMILES string of the molecule is COc1cccc(CNC(C)Cc2ccc(Br)cc2)c1. The van der Waals surface area contributed by atoms with Crippen molar-refractivity contribution in [2.75, 3.05) is 7.11 Å². The normalized spacial score (nSPS) is 12.2. The van der Waals surface area contributed by atoms with E-state index in [9.17, 15) is 0 Å². The third-order valence-corrected chi connectivity index (χ3v) is 3.77. The highest BCUT2D eigenvalue weighted by Crippen LogP contribution is 2.14. The first kappa shape index (κ1) is 15.1. The summed E-state index contributed by atoms with van der Waals surface area (Å²) in [4.78, 5) is 0. The minimum absolute atomic E-state index is 0.433. The highest BCUT2D eigenvalue weighted by atomic mass is 79.9. The van der Waals surface area contributed by atoms with Crippen LogP contribution in [0.5, 0.6) is 5.75 Å². The third kappa shape index (κ3) is 4.66. The van der Waals surface area contributed by atoms with E-state index in [1.807, 2.05) is 12.1 Å². The van der Waals surface area contributed by atoms with E-state index in [2.05, 4.69) is 64.6 Å². The molecule has 0 aliphatic heterocycles. The number of benzene rings is 2. The molecule has 0 aromatic heterocycles. The summed E-state index contributed by atoms with van der Waals surface area (Å²) in [6.07, 6.45) is 1.03. The van der Waals surface area contributed by atoms with Crippen LogP contribution >= 0.6 is 15.9 Å². The standard InChI is InChI=1S/C17H20BrNO/c1-13(10-14-6-8-16(18)9-7-14)19-12-15-4-3-5-17(11-15)20-2/h3-9,11,13,19H,10,12H2,1-2H3. The number of halogens is 1. The molecule has 2 aromatic carbocycles. The van der Waals surface area contributed by atoms with Gasteiger partial charge in [-0.15, -0.1) is 0 Å². The predicted octanol–water partition coefficient (Wildman–Crippen LogP) is 4.18. The Labute approximate surface area is 129 Å². The molecule has 1 unspecified atom stereocenters. The lowest BCUT2D eigenvalue weighted by molar-refractivity contribution is 0.414. The molecule has 0 amide bonds. The second-order valence-electron chi connectivity index (χ2n) is 4.96. The van der Waals surface area contributed by atoms with E-state index in [-0.39, 0.29) is 0 Å². The van der Waals surface area contributed by atoms with Gasteiger partial charge in [0.15, 0.2) is 0 Å². The van der Waals surface area contributed by atoms with Crippen LogP contribution in [0.3, 0.4) is 0 Å². The fourth-order valence-corrected chi connectivity index (χ4v) is 2.39. The Morgan fingerprint density at radius 2 is 1.85 bits per heavy atom. The predicted molar refractivity (Wildman–Crippen MR) is 87.1 cm³/mol. The second-order valence-corrected chi connectivity index (χ2v) is 5.88. The van der Waals surface area contributed by atoms with Crippen molar-refractivity contribution in [3.63, 3.8) is 0 Å². The average molecular weight is 334 g/mol. The molecule has 2 aromatic rings. The van der Waals surface area contributed by atoms with Crippen molar-refractivity contribution in [2.24, 2.45) is 0 Å². The van der Waals surface area contributed by atoms with Gasteiger partial charge in [0.25, 0.3) is 0 Å². The Bertz CT molecular complexity index is 539. The summed E-state index contributed by atoms with van der Waals surface area (Å²) < 4.78 is 6.36. The summed E-state index contributed by atoms with van der Waals surface area (Å²) in [5, 5.41) is 3.55. The molecule has 20 heavy (non-hydrogen) atoms. The largest absolute Gasteiger partial charge is 0.497 e. The molecular weight excluding hydrogens is 314 g/mol. The highest BCUT2D eigenvalue weighted by Gasteiger charge is 2.04. The molecular formula is C17H20BrNO. The first-order valence-electron chi connectivity index (χ1n) is 6.78. The summed E-state index contributed by atoms with van der Waals surface area (Å²) in [6.45, 7) is 3.07. The summed E-state index contributed by atoms with van der Waals surface area (Å²) >= 11 is 3.46. The van der Waals surface area contributed by atoms with E-state index in [4.69, 9.17) is 4.74 Å². The average Bonchev–Trinajstić information content (AvgIpc) is 2.48. The first-order chi connectivity index (χ1) is 9.67. The molecule has 0 saturated heterocycles. The monoisotopic (exact) mass is 333 g/mol. The minimum Gasteiger partial charge on any atom is -0.497 e. The Morgan fingerprint density at radius 3 is 2.55 bits per heavy atom. The van der Waals surface area contributed by atoms with Gasteiger partial charge in [-0.2, -0.15) is 0 Å². The number of rotatable bonds is 6. The number of ether oxygens (including phenoxy) is 1. The lowest BCUT2D eigenvalue weighted by Crippen LogP contribution is -2.27. The molecule has 1 atom stereocenters. The van der Waals surface area contributed by atoms with Crippen LogP contribution in [0, 0.1) is 0 Å². The molecule has 3 heteroatoms. The maximum atomic E-state index is 5.24. The van der Waals surface area contributed by atoms with Crippen LogP contribution in [0.15, 0.2) is 53.0 Å².